The first-order chi connectivity index (χ1) is 11.6. The summed E-state index contributed by atoms with van der Waals surface area (Å²) in [5.41, 5.74) is 2.62. The van der Waals surface area contributed by atoms with Crippen LogP contribution < -0.4 is 5.32 Å². The van der Waals surface area contributed by atoms with Crippen LogP contribution in [0.5, 0.6) is 0 Å². The summed E-state index contributed by atoms with van der Waals surface area (Å²) in [7, 11) is 0. The van der Waals surface area contributed by atoms with Crippen molar-refractivity contribution >= 4 is 5.91 Å². The minimum absolute atomic E-state index is 0.0529. The zero-order valence-corrected chi connectivity index (χ0v) is 14.5. The van der Waals surface area contributed by atoms with Crippen LogP contribution in [-0.2, 0) is 17.9 Å². The van der Waals surface area contributed by atoms with Crippen molar-refractivity contribution in [2.45, 2.75) is 51.7 Å². The lowest BCUT2D eigenvalue weighted by Crippen LogP contribution is -2.37. The van der Waals surface area contributed by atoms with Gasteiger partial charge in [0.2, 0.25) is 5.91 Å². The molecule has 1 heterocycles. The molecule has 1 amide bonds. The topological polar surface area (TPSA) is 45.5 Å². The Labute approximate surface area is 143 Å². The highest BCUT2D eigenvalue weighted by Gasteiger charge is 2.30. The molecule has 0 bridgehead atoms. The van der Waals surface area contributed by atoms with E-state index in [4.69, 9.17) is 4.42 Å². The second-order valence-corrected chi connectivity index (χ2v) is 6.89. The first-order valence-corrected chi connectivity index (χ1v) is 8.74. The van der Waals surface area contributed by atoms with E-state index in [1.54, 1.807) is 6.26 Å². The van der Waals surface area contributed by atoms with Crippen LogP contribution in [0.25, 0.3) is 0 Å². The van der Waals surface area contributed by atoms with Crippen molar-refractivity contribution in [1.29, 1.82) is 0 Å². The molecule has 1 aromatic heterocycles. The summed E-state index contributed by atoms with van der Waals surface area (Å²) >= 11 is 0. The van der Waals surface area contributed by atoms with E-state index < -0.39 is 0 Å². The Bertz CT molecular complexity index is 643. The monoisotopic (exact) mass is 326 g/mol. The van der Waals surface area contributed by atoms with Crippen LogP contribution in [0.3, 0.4) is 0 Å². The van der Waals surface area contributed by atoms with E-state index in [1.165, 1.54) is 24.0 Å². The molecule has 1 saturated carbocycles. The van der Waals surface area contributed by atoms with Crippen LogP contribution in [0.4, 0.5) is 0 Å². The van der Waals surface area contributed by atoms with Gasteiger partial charge in [-0.15, -0.1) is 0 Å². The van der Waals surface area contributed by atoms with Gasteiger partial charge in [0.1, 0.15) is 5.76 Å². The Hall–Kier alpha value is -2.07. The summed E-state index contributed by atoms with van der Waals surface area (Å²) in [6.07, 6.45) is 4.00. The van der Waals surface area contributed by atoms with Crippen molar-refractivity contribution in [1.82, 2.24) is 10.2 Å². The molecule has 0 saturated heterocycles. The molecule has 1 N–H and O–H groups in total. The molecular weight excluding hydrogens is 300 g/mol. The summed E-state index contributed by atoms with van der Waals surface area (Å²) in [5, 5.41) is 2.93. The molecule has 4 nitrogen and oxygen atoms in total. The first kappa shape index (κ1) is 16.8. The molecule has 0 aliphatic heterocycles. The molecule has 2 aromatic rings. The van der Waals surface area contributed by atoms with Crippen molar-refractivity contribution in [3.63, 3.8) is 0 Å². The smallest absolute Gasteiger partial charge is 0.234 e. The summed E-state index contributed by atoms with van der Waals surface area (Å²) in [6, 6.07) is 13.0. The van der Waals surface area contributed by atoms with Crippen molar-refractivity contribution in [3.8, 4) is 0 Å². The second-order valence-electron chi connectivity index (χ2n) is 6.89. The summed E-state index contributed by atoms with van der Waals surface area (Å²) in [5.74, 6) is 1.38. The zero-order valence-electron chi connectivity index (χ0n) is 14.5. The van der Waals surface area contributed by atoms with Gasteiger partial charge in [0, 0.05) is 12.6 Å². The van der Waals surface area contributed by atoms with Gasteiger partial charge in [0.05, 0.1) is 19.4 Å². The molecular formula is C20H26N2O2. The normalized spacial score (nSPS) is 14.3. The summed E-state index contributed by atoms with van der Waals surface area (Å²) in [6.45, 7) is 6.13. The Morgan fingerprint density at radius 3 is 2.58 bits per heavy atom. The van der Waals surface area contributed by atoms with Gasteiger partial charge >= 0.3 is 0 Å². The molecule has 0 spiro atoms. The van der Waals surface area contributed by atoms with Crippen molar-refractivity contribution in [2.75, 3.05) is 6.54 Å². The molecule has 4 heteroatoms. The lowest BCUT2D eigenvalue weighted by atomic mass is 10.0. The van der Waals surface area contributed by atoms with Crippen molar-refractivity contribution in [3.05, 3.63) is 59.5 Å². The quantitative estimate of drug-likeness (QED) is 0.805. The van der Waals surface area contributed by atoms with Crippen molar-refractivity contribution in [2.24, 2.45) is 0 Å². The van der Waals surface area contributed by atoms with Crippen LogP contribution in [0.2, 0.25) is 0 Å². The minimum atomic E-state index is 0.0529. The third kappa shape index (κ3) is 4.71. The number of hydrogen-bond acceptors (Lipinski definition) is 3. The number of carbonyl (C=O) groups excluding carboxylic acids is 1. The number of nitrogens with one attached hydrogen (secondary N) is 1. The van der Waals surface area contributed by atoms with Gasteiger partial charge in [0.15, 0.2) is 0 Å². The van der Waals surface area contributed by atoms with E-state index in [0.717, 1.165) is 12.3 Å². The Balaban J connectivity index is 1.53. The number of amides is 1. The number of nitrogens with zero attached hydrogens (tertiary/aromatic N) is 1. The van der Waals surface area contributed by atoms with Crippen LogP contribution >= 0.6 is 0 Å². The lowest BCUT2D eigenvalue weighted by Gasteiger charge is -2.21. The van der Waals surface area contributed by atoms with Gasteiger partial charge in [0.25, 0.3) is 0 Å². The predicted molar refractivity (Wildman–Crippen MR) is 94.5 cm³/mol. The molecule has 1 aromatic carbocycles. The van der Waals surface area contributed by atoms with Gasteiger partial charge in [-0.3, -0.25) is 9.69 Å². The summed E-state index contributed by atoms with van der Waals surface area (Å²) in [4.78, 5) is 14.5. The van der Waals surface area contributed by atoms with Gasteiger partial charge < -0.3 is 9.73 Å². The average Bonchev–Trinajstić information content (AvgIpc) is 3.29. The minimum Gasteiger partial charge on any atom is -0.467 e. The fourth-order valence-corrected chi connectivity index (χ4v) is 2.84. The molecule has 24 heavy (non-hydrogen) atoms. The van der Waals surface area contributed by atoms with Gasteiger partial charge in [-0.25, -0.2) is 0 Å². The van der Waals surface area contributed by atoms with Gasteiger partial charge in [-0.2, -0.15) is 0 Å². The number of carbonyl (C=O) groups is 1. The van der Waals surface area contributed by atoms with Crippen molar-refractivity contribution < 1.29 is 9.21 Å². The maximum absolute atomic E-state index is 12.2. The number of benzene rings is 1. The standard InChI is InChI=1S/C20H26N2O2/c1-15(2)17-7-5-16(6-8-17)13-22(18-9-10-18)14-20(23)21-12-19-4-3-11-24-19/h3-8,11,15,18H,9-10,12-14H2,1-2H3,(H,21,23). The fourth-order valence-electron chi connectivity index (χ4n) is 2.84. The van der Waals surface area contributed by atoms with Gasteiger partial charge in [-0.05, 0) is 42.0 Å². The fraction of sp³-hybridized carbons (Fsp3) is 0.450. The maximum atomic E-state index is 12.2. The third-order valence-electron chi connectivity index (χ3n) is 4.48. The Morgan fingerprint density at radius 2 is 2.00 bits per heavy atom. The van der Waals surface area contributed by atoms with E-state index in [-0.39, 0.29) is 5.91 Å². The average molecular weight is 326 g/mol. The van der Waals surface area contributed by atoms with E-state index in [0.29, 0.717) is 25.0 Å². The maximum Gasteiger partial charge on any atom is 0.234 e. The highest BCUT2D eigenvalue weighted by atomic mass is 16.3. The van der Waals surface area contributed by atoms with E-state index >= 15 is 0 Å². The second kappa shape index (κ2) is 7.67. The Morgan fingerprint density at radius 1 is 1.25 bits per heavy atom. The third-order valence-corrected chi connectivity index (χ3v) is 4.48. The SMILES string of the molecule is CC(C)c1ccc(CN(CC(=O)NCc2ccco2)C2CC2)cc1. The van der Waals surface area contributed by atoms with E-state index in [1.807, 2.05) is 12.1 Å². The van der Waals surface area contributed by atoms with Crippen LogP contribution in [0.1, 0.15) is 49.5 Å². The highest BCUT2D eigenvalue weighted by Crippen LogP contribution is 2.28. The first-order valence-electron chi connectivity index (χ1n) is 8.74. The molecule has 0 atom stereocenters. The lowest BCUT2D eigenvalue weighted by molar-refractivity contribution is -0.122. The molecule has 1 aliphatic rings. The number of hydrogen-bond donors (Lipinski definition) is 1. The van der Waals surface area contributed by atoms with Crippen LogP contribution in [-0.4, -0.2) is 23.4 Å². The van der Waals surface area contributed by atoms with E-state index in [2.05, 4.69) is 48.3 Å². The molecule has 0 radical (unpaired) electrons. The zero-order chi connectivity index (χ0) is 16.9. The van der Waals surface area contributed by atoms with Crippen LogP contribution in [0.15, 0.2) is 47.1 Å². The Kier molecular flexibility index (Phi) is 5.36. The van der Waals surface area contributed by atoms with Gasteiger partial charge in [-0.1, -0.05) is 38.1 Å². The van der Waals surface area contributed by atoms with E-state index in [9.17, 15) is 4.79 Å². The summed E-state index contributed by atoms with van der Waals surface area (Å²) < 4.78 is 5.25. The molecule has 0 unspecified atom stereocenters. The molecule has 1 aliphatic carbocycles. The number of rotatable bonds is 8. The molecule has 1 fully saturated rings. The van der Waals surface area contributed by atoms with Crippen LogP contribution in [0, 0.1) is 0 Å². The predicted octanol–water partition coefficient (Wildman–Crippen LogP) is 3.68. The number of furan rings is 1. The highest BCUT2D eigenvalue weighted by molar-refractivity contribution is 5.78. The molecule has 3 rings (SSSR count). The molecule has 128 valence electrons. The largest absolute Gasteiger partial charge is 0.467 e.